The second kappa shape index (κ2) is 7.50. The molecule has 7 nitrogen and oxygen atoms in total. The predicted molar refractivity (Wildman–Crippen MR) is 104 cm³/mol. The molecule has 1 aliphatic rings. The molecule has 146 valence electrons. The smallest absolute Gasteiger partial charge is 0.325 e. The van der Waals surface area contributed by atoms with E-state index < -0.39 is 17.9 Å². The molecule has 4 rings (SSSR count). The number of hydrogen-bond donors (Lipinski definition) is 2. The topological polar surface area (TPSA) is 97.4 Å². The molecule has 2 aromatic heterocycles. The van der Waals surface area contributed by atoms with Crippen LogP contribution in [-0.2, 0) is 4.79 Å². The van der Waals surface area contributed by atoms with Crippen molar-refractivity contribution in [1.29, 1.82) is 0 Å². The van der Waals surface area contributed by atoms with Gasteiger partial charge in [-0.1, -0.05) is 19.3 Å². The van der Waals surface area contributed by atoms with Gasteiger partial charge in [-0.3, -0.25) is 9.59 Å². The molecular formula is C21H23N3O4. The lowest BCUT2D eigenvalue weighted by atomic mass is 9.95. The largest absolute Gasteiger partial charge is 0.480 e. The SMILES string of the molecule is CC(NC(=O)c1ccc2c(c1)nc(-c1ccoc1)n2C1CCCCC1)C(=O)O. The number of fused-ring (bicyclic) bond motifs is 1. The van der Waals surface area contributed by atoms with E-state index in [-0.39, 0.29) is 0 Å². The number of carboxylic acid groups (broad SMARTS) is 1. The standard InChI is InChI=1S/C21H23N3O4/c1-13(21(26)27)22-20(25)14-7-8-18-17(11-14)23-19(15-9-10-28-12-15)24(18)16-5-3-2-4-6-16/h7-13,16H,2-6H2,1H3,(H,22,25)(H,26,27). The number of carboxylic acids is 1. The average Bonchev–Trinajstić information content (AvgIpc) is 3.35. The van der Waals surface area contributed by atoms with Crippen molar-refractivity contribution >= 4 is 22.9 Å². The van der Waals surface area contributed by atoms with Crippen molar-refractivity contribution < 1.29 is 19.1 Å². The molecule has 0 saturated heterocycles. The second-order valence-corrected chi connectivity index (χ2v) is 7.35. The third-order valence-corrected chi connectivity index (χ3v) is 5.39. The first-order valence-electron chi connectivity index (χ1n) is 9.63. The van der Waals surface area contributed by atoms with Crippen molar-refractivity contribution in [3.8, 4) is 11.4 Å². The number of aromatic nitrogens is 2. The highest BCUT2D eigenvalue weighted by atomic mass is 16.4. The van der Waals surface area contributed by atoms with Crippen LogP contribution in [0.3, 0.4) is 0 Å². The van der Waals surface area contributed by atoms with Crippen molar-refractivity contribution in [2.45, 2.75) is 51.1 Å². The molecule has 2 heterocycles. The number of carbonyl (C=O) groups excluding carboxylic acids is 1. The van der Waals surface area contributed by atoms with E-state index in [1.165, 1.54) is 26.2 Å². The Hall–Kier alpha value is -3.09. The summed E-state index contributed by atoms with van der Waals surface area (Å²) in [7, 11) is 0. The lowest BCUT2D eigenvalue weighted by Gasteiger charge is -2.25. The number of benzene rings is 1. The van der Waals surface area contributed by atoms with Gasteiger partial charge >= 0.3 is 5.97 Å². The lowest BCUT2D eigenvalue weighted by molar-refractivity contribution is -0.138. The van der Waals surface area contributed by atoms with Gasteiger partial charge in [0.1, 0.15) is 18.1 Å². The summed E-state index contributed by atoms with van der Waals surface area (Å²) in [4.78, 5) is 28.2. The van der Waals surface area contributed by atoms with E-state index in [9.17, 15) is 9.59 Å². The van der Waals surface area contributed by atoms with Crippen molar-refractivity contribution in [2.75, 3.05) is 0 Å². The Labute approximate surface area is 162 Å². The molecule has 2 N–H and O–H groups in total. The Balaban J connectivity index is 1.75. The van der Waals surface area contributed by atoms with Gasteiger partial charge in [0.25, 0.3) is 5.91 Å². The Morgan fingerprint density at radius 3 is 2.71 bits per heavy atom. The molecule has 1 aliphatic carbocycles. The first-order valence-corrected chi connectivity index (χ1v) is 9.63. The Bertz CT molecular complexity index is 1000. The third-order valence-electron chi connectivity index (χ3n) is 5.39. The minimum absolute atomic E-state index is 0.371. The summed E-state index contributed by atoms with van der Waals surface area (Å²) >= 11 is 0. The molecule has 7 heteroatoms. The summed E-state index contributed by atoms with van der Waals surface area (Å²) in [5, 5.41) is 11.5. The molecule has 1 unspecified atom stereocenters. The minimum Gasteiger partial charge on any atom is -0.480 e. The highest BCUT2D eigenvalue weighted by molar-refractivity contribution is 5.99. The number of imidazole rings is 1. The van der Waals surface area contributed by atoms with Crippen LogP contribution >= 0.6 is 0 Å². The summed E-state index contributed by atoms with van der Waals surface area (Å²) in [6.45, 7) is 1.44. The highest BCUT2D eigenvalue weighted by Gasteiger charge is 2.24. The normalized spacial score (nSPS) is 16.2. The van der Waals surface area contributed by atoms with E-state index in [1.54, 1.807) is 24.7 Å². The van der Waals surface area contributed by atoms with E-state index in [1.807, 2.05) is 12.1 Å². The molecule has 1 amide bonds. The van der Waals surface area contributed by atoms with Gasteiger partial charge in [-0.25, -0.2) is 4.98 Å². The number of furan rings is 1. The van der Waals surface area contributed by atoms with E-state index >= 15 is 0 Å². The van der Waals surface area contributed by atoms with Crippen molar-refractivity contribution in [2.24, 2.45) is 0 Å². The van der Waals surface area contributed by atoms with Gasteiger partial charge < -0.3 is 19.4 Å². The van der Waals surface area contributed by atoms with Crippen LogP contribution in [0, 0.1) is 0 Å². The number of rotatable bonds is 5. The van der Waals surface area contributed by atoms with Crippen LogP contribution in [0.25, 0.3) is 22.4 Å². The van der Waals surface area contributed by atoms with Crippen molar-refractivity contribution in [1.82, 2.24) is 14.9 Å². The van der Waals surface area contributed by atoms with Gasteiger partial charge in [0.2, 0.25) is 0 Å². The molecule has 1 atom stereocenters. The van der Waals surface area contributed by atoms with E-state index in [2.05, 4.69) is 9.88 Å². The van der Waals surface area contributed by atoms with Gasteiger partial charge in [0.15, 0.2) is 0 Å². The van der Waals surface area contributed by atoms with Gasteiger partial charge in [-0.15, -0.1) is 0 Å². The van der Waals surface area contributed by atoms with Crippen LogP contribution < -0.4 is 5.32 Å². The highest BCUT2D eigenvalue weighted by Crippen LogP contribution is 2.36. The summed E-state index contributed by atoms with van der Waals surface area (Å²) in [6, 6.07) is 6.66. The maximum Gasteiger partial charge on any atom is 0.325 e. The monoisotopic (exact) mass is 381 g/mol. The molecule has 0 bridgehead atoms. The molecule has 1 aromatic carbocycles. The van der Waals surface area contributed by atoms with Gasteiger partial charge in [0.05, 0.1) is 22.9 Å². The molecule has 0 aliphatic heterocycles. The van der Waals surface area contributed by atoms with Crippen LogP contribution in [0.15, 0.2) is 41.2 Å². The average molecular weight is 381 g/mol. The van der Waals surface area contributed by atoms with E-state index in [0.717, 1.165) is 35.3 Å². The zero-order valence-corrected chi connectivity index (χ0v) is 15.7. The van der Waals surface area contributed by atoms with Crippen LogP contribution in [0.2, 0.25) is 0 Å². The Morgan fingerprint density at radius 1 is 1.25 bits per heavy atom. The number of nitrogens with zero attached hydrogens (tertiary/aromatic N) is 2. The summed E-state index contributed by atoms with van der Waals surface area (Å²) < 4.78 is 7.53. The van der Waals surface area contributed by atoms with E-state index in [4.69, 9.17) is 14.5 Å². The van der Waals surface area contributed by atoms with Crippen LogP contribution in [0.1, 0.15) is 55.4 Å². The molecule has 1 saturated carbocycles. The molecule has 1 fully saturated rings. The fourth-order valence-electron chi connectivity index (χ4n) is 3.89. The fraction of sp³-hybridized carbons (Fsp3) is 0.381. The number of carbonyl (C=O) groups is 2. The Morgan fingerprint density at radius 2 is 2.04 bits per heavy atom. The summed E-state index contributed by atoms with van der Waals surface area (Å²) in [6.07, 6.45) is 9.18. The quantitative estimate of drug-likeness (QED) is 0.696. The van der Waals surface area contributed by atoms with Gasteiger partial charge in [-0.05, 0) is 44.0 Å². The number of aliphatic carboxylic acids is 1. The number of hydrogen-bond acceptors (Lipinski definition) is 4. The summed E-state index contributed by atoms with van der Waals surface area (Å²) in [5.74, 6) is -0.653. The van der Waals surface area contributed by atoms with E-state index in [0.29, 0.717) is 11.6 Å². The maximum absolute atomic E-state index is 12.4. The lowest BCUT2D eigenvalue weighted by Crippen LogP contribution is -2.38. The second-order valence-electron chi connectivity index (χ2n) is 7.35. The molecule has 28 heavy (non-hydrogen) atoms. The molecular weight excluding hydrogens is 358 g/mol. The number of nitrogens with one attached hydrogen (secondary N) is 1. The van der Waals surface area contributed by atoms with Crippen LogP contribution in [-0.4, -0.2) is 32.6 Å². The van der Waals surface area contributed by atoms with Gasteiger partial charge in [0, 0.05) is 11.6 Å². The van der Waals surface area contributed by atoms with Crippen molar-refractivity contribution in [3.05, 3.63) is 42.4 Å². The molecule has 3 aromatic rings. The first kappa shape index (κ1) is 18.3. The number of amides is 1. The minimum atomic E-state index is -1.07. The zero-order valence-electron chi connectivity index (χ0n) is 15.7. The van der Waals surface area contributed by atoms with Crippen LogP contribution in [0.4, 0.5) is 0 Å². The van der Waals surface area contributed by atoms with Crippen molar-refractivity contribution in [3.63, 3.8) is 0 Å². The molecule has 0 spiro atoms. The zero-order chi connectivity index (χ0) is 19.7. The Kier molecular flexibility index (Phi) is 4.90. The first-order chi connectivity index (χ1) is 13.5. The fourth-order valence-corrected chi connectivity index (χ4v) is 3.89. The maximum atomic E-state index is 12.4. The molecule has 0 radical (unpaired) electrons. The predicted octanol–water partition coefficient (Wildman–Crippen LogP) is 4.00. The third kappa shape index (κ3) is 3.40. The van der Waals surface area contributed by atoms with Gasteiger partial charge in [-0.2, -0.15) is 0 Å². The van der Waals surface area contributed by atoms with Crippen LogP contribution in [0.5, 0.6) is 0 Å². The summed E-state index contributed by atoms with van der Waals surface area (Å²) in [5.41, 5.74) is 3.00.